The fourth-order valence-corrected chi connectivity index (χ4v) is 4.55. The third kappa shape index (κ3) is 2.99. The lowest BCUT2D eigenvalue weighted by Gasteiger charge is -2.36. The van der Waals surface area contributed by atoms with Crippen molar-refractivity contribution in [2.24, 2.45) is 0 Å². The number of fused-ring (bicyclic) bond motifs is 1. The highest BCUT2D eigenvalue weighted by Gasteiger charge is 2.33. The first kappa shape index (κ1) is 16.4. The van der Waals surface area contributed by atoms with Crippen LogP contribution < -0.4 is 0 Å². The van der Waals surface area contributed by atoms with Crippen LogP contribution >= 0.6 is 22.9 Å². The van der Waals surface area contributed by atoms with E-state index in [1.165, 1.54) is 16.0 Å². The fraction of sp³-hybridized carbons (Fsp3) is 0.190. The molecule has 0 saturated carbocycles. The van der Waals surface area contributed by atoms with E-state index in [1.807, 2.05) is 17.0 Å². The van der Waals surface area contributed by atoms with E-state index < -0.39 is 0 Å². The van der Waals surface area contributed by atoms with Crippen molar-refractivity contribution in [3.63, 3.8) is 0 Å². The summed E-state index contributed by atoms with van der Waals surface area (Å²) < 4.78 is 0. The van der Waals surface area contributed by atoms with Crippen LogP contribution in [0.2, 0.25) is 5.02 Å². The monoisotopic (exact) mass is 367 g/mol. The lowest BCUT2D eigenvalue weighted by Crippen LogP contribution is -2.40. The summed E-state index contributed by atoms with van der Waals surface area (Å²) in [6.45, 7) is 2.78. The molecular weight excluding hydrogens is 350 g/mol. The second-order valence-corrected chi connectivity index (χ2v) is 7.75. The van der Waals surface area contributed by atoms with E-state index >= 15 is 0 Å². The molecule has 126 valence electrons. The van der Waals surface area contributed by atoms with Gasteiger partial charge in [-0.15, -0.1) is 11.3 Å². The molecule has 0 radical (unpaired) electrons. The molecule has 0 saturated heterocycles. The third-order valence-electron chi connectivity index (χ3n) is 4.72. The number of thiophene rings is 1. The van der Waals surface area contributed by atoms with Crippen LogP contribution in [-0.2, 0) is 6.42 Å². The summed E-state index contributed by atoms with van der Waals surface area (Å²) in [7, 11) is 0. The summed E-state index contributed by atoms with van der Waals surface area (Å²) in [4.78, 5) is 16.6. The zero-order valence-electron chi connectivity index (χ0n) is 13.9. The van der Waals surface area contributed by atoms with E-state index in [0.29, 0.717) is 17.1 Å². The molecule has 1 aliphatic rings. The molecule has 1 amide bonds. The number of nitrogens with zero attached hydrogens (tertiary/aromatic N) is 1. The molecule has 0 N–H and O–H groups in total. The summed E-state index contributed by atoms with van der Waals surface area (Å²) in [6.07, 6.45) is 0.894. The van der Waals surface area contributed by atoms with Gasteiger partial charge in [-0.3, -0.25) is 4.79 Å². The van der Waals surface area contributed by atoms with Crippen LogP contribution in [0.15, 0.2) is 60.0 Å². The van der Waals surface area contributed by atoms with Gasteiger partial charge in [0, 0.05) is 11.4 Å². The molecule has 3 aromatic rings. The van der Waals surface area contributed by atoms with Gasteiger partial charge in [0.2, 0.25) is 0 Å². The zero-order chi connectivity index (χ0) is 17.4. The van der Waals surface area contributed by atoms with Crippen molar-refractivity contribution in [3.8, 4) is 0 Å². The van der Waals surface area contributed by atoms with E-state index in [0.717, 1.165) is 12.0 Å². The number of amides is 1. The third-order valence-corrected chi connectivity index (χ3v) is 6.05. The SMILES string of the molecule is Cc1ccc([C@H]2c3ccsc3CCN2C(=O)c2ccccc2Cl)cc1. The second kappa shape index (κ2) is 6.66. The summed E-state index contributed by atoms with van der Waals surface area (Å²) >= 11 is 8.06. The van der Waals surface area contributed by atoms with Gasteiger partial charge in [-0.25, -0.2) is 0 Å². The van der Waals surface area contributed by atoms with Crippen LogP contribution in [0.25, 0.3) is 0 Å². The first-order valence-electron chi connectivity index (χ1n) is 8.33. The predicted octanol–water partition coefficient (Wildman–Crippen LogP) is 5.50. The van der Waals surface area contributed by atoms with E-state index in [9.17, 15) is 4.79 Å². The van der Waals surface area contributed by atoms with Crippen LogP contribution in [0.4, 0.5) is 0 Å². The summed E-state index contributed by atoms with van der Waals surface area (Å²) in [5.74, 6) is -0.00646. The van der Waals surface area contributed by atoms with E-state index in [-0.39, 0.29) is 11.9 Å². The Hall–Kier alpha value is -2.10. The van der Waals surface area contributed by atoms with Crippen LogP contribution in [0.5, 0.6) is 0 Å². The molecule has 1 aromatic heterocycles. The Labute approximate surface area is 156 Å². The molecule has 1 atom stereocenters. The number of carbonyl (C=O) groups is 1. The van der Waals surface area contributed by atoms with E-state index in [2.05, 4.69) is 42.6 Å². The predicted molar refractivity (Wildman–Crippen MR) is 104 cm³/mol. The lowest BCUT2D eigenvalue weighted by atomic mass is 9.92. The number of hydrogen-bond acceptors (Lipinski definition) is 2. The molecule has 1 aliphatic heterocycles. The van der Waals surface area contributed by atoms with Crippen molar-refractivity contribution in [1.82, 2.24) is 4.90 Å². The minimum Gasteiger partial charge on any atom is -0.327 e. The topological polar surface area (TPSA) is 20.3 Å². The van der Waals surface area contributed by atoms with Gasteiger partial charge in [0.15, 0.2) is 0 Å². The zero-order valence-corrected chi connectivity index (χ0v) is 15.5. The largest absolute Gasteiger partial charge is 0.327 e. The van der Waals surface area contributed by atoms with Gasteiger partial charge in [0.05, 0.1) is 16.6 Å². The van der Waals surface area contributed by atoms with Crippen LogP contribution in [0.1, 0.15) is 38.0 Å². The number of carbonyl (C=O) groups excluding carboxylic acids is 1. The lowest BCUT2D eigenvalue weighted by molar-refractivity contribution is 0.0696. The molecule has 0 fully saturated rings. The molecule has 4 heteroatoms. The Morgan fingerprint density at radius 3 is 2.64 bits per heavy atom. The standard InChI is InChI=1S/C21H18ClNOS/c1-14-6-8-15(9-7-14)20-17-11-13-25-19(17)10-12-23(20)21(24)16-4-2-3-5-18(16)22/h2-9,11,13,20H,10,12H2,1H3/t20-/m0/s1. The first-order chi connectivity index (χ1) is 12.1. The smallest absolute Gasteiger partial charge is 0.256 e. The molecule has 0 unspecified atom stereocenters. The Balaban J connectivity index is 1.79. The second-order valence-electron chi connectivity index (χ2n) is 6.34. The first-order valence-corrected chi connectivity index (χ1v) is 9.59. The van der Waals surface area contributed by atoms with Gasteiger partial charge in [0.1, 0.15) is 0 Å². The summed E-state index contributed by atoms with van der Waals surface area (Å²) in [5, 5.41) is 2.63. The molecular formula is C21H18ClNOS. The number of hydrogen-bond donors (Lipinski definition) is 0. The maximum Gasteiger partial charge on any atom is 0.256 e. The van der Waals surface area contributed by atoms with Crippen molar-refractivity contribution in [2.45, 2.75) is 19.4 Å². The van der Waals surface area contributed by atoms with Crippen molar-refractivity contribution in [2.75, 3.05) is 6.54 Å². The van der Waals surface area contributed by atoms with Crippen LogP contribution in [-0.4, -0.2) is 17.4 Å². The molecule has 25 heavy (non-hydrogen) atoms. The van der Waals surface area contributed by atoms with Crippen molar-refractivity contribution >= 4 is 28.8 Å². The minimum absolute atomic E-state index is 0.00646. The molecule has 2 nitrogen and oxygen atoms in total. The summed E-state index contributed by atoms with van der Waals surface area (Å²) in [5.41, 5.74) is 4.17. The van der Waals surface area contributed by atoms with Gasteiger partial charge in [-0.1, -0.05) is 53.6 Å². The van der Waals surface area contributed by atoms with Crippen molar-refractivity contribution in [1.29, 1.82) is 0 Å². The van der Waals surface area contributed by atoms with Gasteiger partial charge >= 0.3 is 0 Å². The average Bonchev–Trinajstić information content (AvgIpc) is 3.10. The van der Waals surface area contributed by atoms with Gasteiger partial charge in [-0.2, -0.15) is 0 Å². The highest BCUT2D eigenvalue weighted by atomic mass is 35.5. The molecule has 0 bridgehead atoms. The highest BCUT2D eigenvalue weighted by molar-refractivity contribution is 7.10. The van der Waals surface area contributed by atoms with Gasteiger partial charge < -0.3 is 4.90 Å². The number of benzene rings is 2. The van der Waals surface area contributed by atoms with Gasteiger partial charge in [0.25, 0.3) is 5.91 Å². The van der Waals surface area contributed by atoms with Crippen LogP contribution in [0.3, 0.4) is 0 Å². The Kier molecular flexibility index (Phi) is 4.36. The minimum atomic E-state index is -0.0561. The number of halogens is 1. The number of rotatable bonds is 2. The molecule has 0 aliphatic carbocycles. The van der Waals surface area contributed by atoms with E-state index in [1.54, 1.807) is 23.5 Å². The van der Waals surface area contributed by atoms with E-state index in [4.69, 9.17) is 11.6 Å². The fourth-order valence-electron chi connectivity index (χ4n) is 3.43. The van der Waals surface area contributed by atoms with Crippen molar-refractivity contribution in [3.05, 3.63) is 92.1 Å². The Morgan fingerprint density at radius 2 is 1.88 bits per heavy atom. The molecule has 0 spiro atoms. The Morgan fingerprint density at radius 1 is 1.12 bits per heavy atom. The quantitative estimate of drug-likeness (QED) is 0.585. The molecule has 2 aromatic carbocycles. The average molecular weight is 368 g/mol. The van der Waals surface area contributed by atoms with Crippen LogP contribution in [0, 0.1) is 6.92 Å². The highest BCUT2D eigenvalue weighted by Crippen LogP contribution is 2.39. The number of aryl methyl sites for hydroxylation is 1. The Bertz CT molecular complexity index is 916. The normalized spacial score (nSPS) is 16.6. The van der Waals surface area contributed by atoms with Gasteiger partial charge in [-0.05, 0) is 48.1 Å². The summed E-state index contributed by atoms with van der Waals surface area (Å²) in [6, 6.07) is 17.8. The molecule has 4 rings (SSSR count). The molecule has 2 heterocycles. The maximum atomic E-state index is 13.2. The van der Waals surface area contributed by atoms with Crippen molar-refractivity contribution < 1.29 is 4.79 Å². The maximum absolute atomic E-state index is 13.2.